The van der Waals surface area contributed by atoms with Gasteiger partial charge in [0, 0.05) is 19.1 Å². The lowest BCUT2D eigenvalue weighted by atomic mass is 10.2. The molecule has 0 fully saturated rings. The highest BCUT2D eigenvalue weighted by molar-refractivity contribution is 6.74. The number of carbonyl (C=O) groups excluding carboxylic acids is 1. The molecule has 0 bridgehead atoms. The van der Waals surface area contributed by atoms with Crippen LogP contribution in [0, 0.1) is 0 Å². The van der Waals surface area contributed by atoms with E-state index in [0.717, 1.165) is 0 Å². The molecular weight excluding hydrogens is 220 g/mol. The van der Waals surface area contributed by atoms with Crippen LogP contribution in [0.5, 0.6) is 0 Å². The summed E-state index contributed by atoms with van der Waals surface area (Å²) >= 11 is 0. The summed E-state index contributed by atoms with van der Waals surface area (Å²) in [6.07, 6.45) is 3.29. The van der Waals surface area contributed by atoms with Gasteiger partial charge in [-0.1, -0.05) is 20.8 Å². The zero-order chi connectivity index (χ0) is 12.4. The van der Waals surface area contributed by atoms with Crippen LogP contribution in [0.1, 0.15) is 27.2 Å². The molecule has 0 unspecified atom stereocenters. The lowest BCUT2D eigenvalue weighted by Crippen LogP contribution is -2.41. The van der Waals surface area contributed by atoms with Crippen molar-refractivity contribution in [3.8, 4) is 0 Å². The van der Waals surface area contributed by atoms with Gasteiger partial charge in [0.2, 0.25) is 0 Å². The molecule has 0 aromatic heterocycles. The first-order chi connectivity index (χ1) is 7.24. The Hall–Kier alpha value is -0.613. The van der Waals surface area contributed by atoms with Gasteiger partial charge in [0.1, 0.15) is 0 Å². The Morgan fingerprint density at radius 3 is 2.50 bits per heavy atom. The highest BCUT2D eigenvalue weighted by Gasteiger charge is 2.37. The van der Waals surface area contributed by atoms with Crippen molar-refractivity contribution in [3.05, 3.63) is 12.3 Å². The van der Waals surface area contributed by atoms with Crippen LogP contribution in [0.3, 0.4) is 0 Å². The van der Waals surface area contributed by atoms with Crippen LogP contribution in [0.25, 0.3) is 0 Å². The summed E-state index contributed by atoms with van der Waals surface area (Å²) in [5.41, 5.74) is 0. The predicted molar refractivity (Wildman–Crippen MR) is 66.8 cm³/mol. The van der Waals surface area contributed by atoms with E-state index in [1.165, 1.54) is 12.3 Å². The van der Waals surface area contributed by atoms with E-state index in [1.54, 1.807) is 0 Å². The van der Waals surface area contributed by atoms with Gasteiger partial charge in [0.15, 0.2) is 20.2 Å². The maximum atomic E-state index is 11.3. The number of hydrogen-bond acceptors (Lipinski definition) is 3. The molecule has 0 saturated heterocycles. The molecule has 0 radical (unpaired) electrons. The Kier molecular flexibility index (Phi) is 3.96. The predicted octanol–water partition coefficient (Wildman–Crippen LogP) is 2.88. The zero-order valence-electron chi connectivity index (χ0n) is 10.9. The molecule has 0 amide bonds. The number of hydrogen-bond donors (Lipinski definition) is 0. The fraction of sp³-hybridized carbons (Fsp3) is 0.750. The molecule has 1 aliphatic heterocycles. The standard InChI is InChI=1S/C12H22O3Si/c1-12(2,3)16(4,5)15-9-7-11-10(13)6-8-14-11/h6,8,11H,7,9H2,1-5H3/t11-/m1/s1. The molecule has 1 heterocycles. The Labute approximate surface area is 99.0 Å². The summed E-state index contributed by atoms with van der Waals surface area (Å²) in [6.45, 7) is 11.6. The molecule has 4 heteroatoms. The largest absolute Gasteiger partial charge is 0.490 e. The second kappa shape index (κ2) is 4.71. The minimum atomic E-state index is -1.69. The van der Waals surface area contributed by atoms with Crippen LogP contribution in [0.2, 0.25) is 18.1 Å². The molecule has 0 aromatic carbocycles. The lowest BCUT2D eigenvalue weighted by molar-refractivity contribution is -0.120. The number of ketones is 1. The smallest absolute Gasteiger partial charge is 0.199 e. The molecule has 1 atom stereocenters. The van der Waals surface area contributed by atoms with Gasteiger partial charge in [-0.15, -0.1) is 0 Å². The van der Waals surface area contributed by atoms with Gasteiger partial charge < -0.3 is 9.16 Å². The summed E-state index contributed by atoms with van der Waals surface area (Å²) in [5, 5.41) is 0.214. The van der Waals surface area contributed by atoms with Crippen molar-refractivity contribution in [1.29, 1.82) is 0 Å². The van der Waals surface area contributed by atoms with Crippen molar-refractivity contribution < 1.29 is 14.0 Å². The molecule has 0 saturated carbocycles. The minimum absolute atomic E-state index is 0.0545. The summed E-state index contributed by atoms with van der Waals surface area (Å²) in [7, 11) is -1.69. The SMILES string of the molecule is CC(C)(C)[Si](C)(C)OCC[C@H]1OC=CC1=O. The van der Waals surface area contributed by atoms with Gasteiger partial charge >= 0.3 is 0 Å². The fourth-order valence-corrected chi connectivity index (χ4v) is 2.28. The maximum Gasteiger partial charge on any atom is 0.199 e. The number of ether oxygens (including phenoxy) is 1. The first kappa shape index (κ1) is 13.5. The van der Waals surface area contributed by atoms with E-state index in [2.05, 4.69) is 33.9 Å². The van der Waals surface area contributed by atoms with Crippen molar-refractivity contribution in [2.75, 3.05) is 6.61 Å². The minimum Gasteiger partial charge on any atom is -0.490 e. The van der Waals surface area contributed by atoms with E-state index in [1.807, 2.05) is 0 Å². The average molecular weight is 242 g/mol. The van der Waals surface area contributed by atoms with Gasteiger partial charge in [-0.2, -0.15) is 0 Å². The van der Waals surface area contributed by atoms with E-state index in [4.69, 9.17) is 9.16 Å². The van der Waals surface area contributed by atoms with Crippen molar-refractivity contribution in [3.63, 3.8) is 0 Å². The van der Waals surface area contributed by atoms with Crippen LogP contribution in [0.15, 0.2) is 12.3 Å². The topological polar surface area (TPSA) is 35.5 Å². The third-order valence-corrected chi connectivity index (χ3v) is 7.98. The molecular formula is C12H22O3Si. The van der Waals surface area contributed by atoms with Crippen molar-refractivity contribution >= 4 is 14.1 Å². The second-order valence-corrected chi connectivity index (χ2v) is 10.5. The third-order valence-electron chi connectivity index (χ3n) is 3.44. The van der Waals surface area contributed by atoms with Crippen molar-refractivity contribution in [2.45, 2.75) is 51.4 Å². The van der Waals surface area contributed by atoms with Gasteiger partial charge in [0.25, 0.3) is 0 Å². The quantitative estimate of drug-likeness (QED) is 0.711. The monoisotopic (exact) mass is 242 g/mol. The summed E-state index contributed by atoms with van der Waals surface area (Å²) in [6, 6.07) is 0. The molecule has 92 valence electrons. The van der Waals surface area contributed by atoms with Crippen LogP contribution >= 0.6 is 0 Å². The summed E-state index contributed by atoms with van der Waals surface area (Å²) in [5.74, 6) is 0.0545. The third kappa shape index (κ3) is 3.19. The molecule has 0 aromatic rings. The zero-order valence-corrected chi connectivity index (χ0v) is 11.9. The molecule has 16 heavy (non-hydrogen) atoms. The van der Waals surface area contributed by atoms with Gasteiger partial charge in [-0.25, -0.2) is 0 Å². The molecule has 0 N–H and O–H groups in total. The highest BCUT2D eigenvalue weighted by Crippen LogP contribution is 2.36. The Morgan fingerprint density at radius 1 is 1.44 bits per heavy atom. The van der Waals surface area contributed by atoms with Crippen LogP contribution in [-0.4, -0.2) is 26.8 Å². The van der Waals surface area contributed by atoms with Gasteiger partial charge in [0.05, 0.1) is 6.26 Å². The highest BCUT2D eigenvalue weighted by atomic mass is 28.4. The van der Waals surface area contributed by atoms with E-state index in [9.17, 15) is 4.79 Å². The first-order valence-electron chi connectivity index (χ1n) is 5.74. The first-order valence-corrected chi connectivity index (χ1v) is 8.65. The lowest BCUT2D eigenvalue weighted by Gasteiger charge is -2.36. The summed E-state index contributed by atoms with van der Waals surface area (Å²) < 4.78 is 11.2. The normalized spacial score (nSPS) is 21.3. The van der Waals surface area contributed by atoms with E-state index in [0.29, 0.717) is 13.0 Å². The maximum absolute atomic E-state index is 11.3. The van der Waals surface area contributed by atoms with Crippen molar-refractivity contribution in [1.82, 2.24) is 0 Å². The number of rotatable bonds is 4. The Balaban J connectivity index is 2.33. The van der Waals surface area contributed by atoms with Gasteiger partial charge in [-0.05, 0) is 18.1 Å². The second-order valence-electron chi connectivity index (χ2n) is 5.73. The molecule has 3 nitrogen and oxygen atoms in total. The Bertz CT molecular complexity index is 289. The molecule has 1 aliphatic rings. The van der Waals surface area contributed by atoms with Crippen LogP contribution < -0.4 is 0 Å². The van der Waals surface area contributed by atoms with Gasteiger partial charge in [-0.3, -0.25) is 4.79 Å². The molecule has 0 spiro atoms. The fourth-order valence-electron chi connectivity index (χ4n) is 1.22. The van der Waals surface area contributed by atoms with Crippen molar-refractivity contribution in [2.24, 2.45) is 0 Å². The summed E-state index contributed by atoms with van der Waals surface area (Å²) in [4.78, 5) is 11.3. The van der Waals surface area contributed by atoms with Crippen LogP contribution in [0.4, 0.5) is 0 Å². The van der Waals surface area contributed by atoms with Crippen LogP contribution in [-0.2, 0) is 14.0 Å². The average Bonchev–Trinajstić information content (AvgIpc) is 2.49. The van der Waals surface area contributed by atoms with E-state index in [-0.39, 0.29) is 16.9 Å². The molecule has 1 rings (SSSR count). The number of carbonyl (C=O) groups is 1. The van der Waals surface area contributed by atoms with E-state index < -0.39 is 8.32 Å². The Morgan fingerprint density at radius 2 is 2.06 bits per heavy atom. The van der Waals surface area contributed by atoms with E-state index >= 15 is 0 Å². The molecule has 0 aliphatic carbocycles.